The second-order valence-corrected chi connectivity index (χ2v) is 6.46. The number of amides is 3. The zero-order chi connectivity index (χ0) is 18.6. The number of carbonyl (C=O) groups is 4. The van der Waals surface area contributed by atoms with Crippen molar-refractivity contribution in [1.82, 2.24) is 15.1 Å². The Labute approximate surface area is 146 Å². The maximum Gasteiger partial charge on any atom is 0.325 e. The number of nitrogens with one attached hydrogen (secondary N) is 1. The number of nitrogens with two attached hydrogens (primary N) is 1. The van der Waals surface area contributed by atoms with Gasteiger partial charge in [0.25, 0.3) is 0 Å². The first-order chi connectivity index (χ1) is 11.9. The van der Waals surface area contributed by atoms with Gasteiger partial charge in [0.1, 0.15) is 18.6 Å². The number of hydrogen-bond donors (Lipinski definition) is 2. The Bertz CT molecular complexity index is 551. The summed E-state index contributed by atoms with van der Waals surface area (Å²) in [6.07, 6.45) is 2.55. The van der Waals surface area contributed by atoms with Crippen LogP contribution >= 0.6 is 0 Å². The Morgan fingerprint density at radius 3 is 2.32 bits per heavy atom. The van der Waals surface area contributed by atoms with Gasteiger partial charge in [-0.25, -0.2) is 0 Å². The van der Waals surface area contributed by atoms with E-state index in [0.29, 0.717) is 32.4 Å². The molecular formula is C16H26N4O5. The number of hydrogen-bond acceptors (Lipinski definition) is 6. The number of carbonyl (C=O) groups excluding carboxylic acids is 4. The molecular weight excluding hydrogens is 328 g/mol. The van der Waals surface area contributed by atoms with Crippen molar-refractivity contribution < 1.29 is 23.9 Å². The lowest BCUT2D eigenvalue weighted by Crippen LogP contribution is -2.55. The van der Waals surface area contributed by atoms with Crippen LogP contribution in [0.5, 0.6) is 0 Å². The fourth-order valence-corrected chi connectivity index (χ4v) is 3.39. The highest BCUT2D eigenvalue weighted by Crippen LogP contribution is 2.25. The lowest BCUT2D eigenvalue weighted by atomic mass is 10.1. The highest BCUT2D eigenvalue weighted by Gasteiger charge is 2.42. The molecule has 140 valence electrons. The van der Waals surface area contributed by atoms with E-state index >= 15 is 0 Å². The highest BCUT2D eigenvalue weighted by molar-refractivity contribution is 5.94. The van der Waals surface area contributed by atoms with E-state index < -0.39 is 24.1 Å². The van der Waals surface area contributed by atoms with Crippen LogP contribution in [0.4, 0.5) is 0 Å². The first-order valence-electron chi connectivity index (χ1n) is 8.58. The predicted molar refractivity (Wildman–Crippen MR) is 88.1 cm³/mol. The molecule has 0 aliphatic carbocycles. The molecule has 3 amide bonds. The van der Waals surface area contributed by atoms with E-state index in [1.165, 1.54) is 16.9 Å². The number of likely N-dealkylation sites (tertiary alicyclic amines) is 2. The molecule has 0 aromatic heterocycles. The molecule has 9 heteroatoms. The fourth-order valence-electron chi connectivity index (χ4n) is 3.39. The second kappa shape index (κ2) is 8.28. The Morgan fingerprint density at radius 1 is 1.12 bits per heavy atom. The van der Waals surface area contributed by atoms with Crippen LogP contribution in [-0.2, 0) is 23.9 Å². The topological polar surface area (TPSA) is 122 Å². The van der Waals surface area contributed by atoms with Crippen molar-refractivity contribution >= 4 is 23.7 Å². The maximum absolute atomic E-state index is 12.9. The van der Waals surface area contributed by atoms with Crippen molar-refractivity contribution in [1.29, 1.82) is 0 Å². The smallest absolute Gasteiger partial charge is 0.325 e. The van der Waals surface area contributed by atoms with Crippen molar-refractivity contribution in [3.05, 3.63) is 0 Å². The van der Waals surface area contributed by atoms with Gasteiger partial charge in [-0.2, -0.15) is 0 Å². The lowest BCUT2D eigenvalue weighted by molar-refractivity contribution is -0.147. The van der Waals surface area contributed by atoms with Gasteiger partial charge >= 0.3 is 5.97 Å². The molecule has 0 aromatic rings. The predicted octanol–water partition coefficient (Wildman–Crippen LogP) is -1.40. The third-order valence-electron chi connectivity index (χ3n) is 4.68. The summed E-state index contributed by atoms with van der Waals surface area (Å²) < 4.78 is 4.49. The summed E-state index contributed by atoms with van der Waals surface area (Å²) in [7, 11) is 1.24. The van der Waals surface area contributed by atoms with Gasteiger partial charge in [0.15, 0.2) is 0 Å². The number of ether oxygens (including phenoxy) is 1. The third-order valence-corrected chi connectivity index (χ3v) is 4.68. The second-order valence-electron chi connectivity index (χ2n) is 6.46. The average molecular weight is 354 g/mol. The highest BCUT2D eigenvalue weighted by atomic mass is 16.5. The van der Waals surface area contributed by atoms with Crippen LogP contribution in [0.15, 0.2) is 0 Å². The Hall–Kier alpha value is -2.16. The Morgan fingerprint density at radius 2 is 1.72 bits per heavy atom. The minimum Gasteiger partial charge on any atom is -0.468 e. The minimum absolute atomic E-state index is 0.220. The molecule has 25 heavy (non-hydrogen) atoms. The molecule has 0 aromatic carbocycles. The van der Waals surface area contributed by atoms with E-state index in [1.54, 1.807) is 6.92 Å². The van der Waals surface area contributed by atoms with Crippen molar-refractivity contribution in [2.24, 2.45) is 5.73 Å². The Kier molecular flexibility index (Phi) is 6.35. The summed E-state index contributed by atoms with van der Waals surface area (Å²) in [6.45, 7) is 2.34. The summed E-state index contributed by atoms with van der Waals surface area (Å²) >= 11 is 0. The van der Waals surface area contributed by atoms with Crippen LogP contribution in [-0.4, -0.2) is 78.4 Å². The number of methoxy groups -OCH3 is 1. The van der Waals surface area contributed by atoms with Gasteiger partial charge in [-0.3, -0.25) is 19.2 Å². The first kappa shape index (κ1) is 19.2. The van der Waals surface area contributed by atoms with E-state index in [-0.39, 0.29) is 24.3 Å². The summed E-state index contributed by atoms with van der Waals surface area (Å²) in [6, 6.07) is -1.84. The normalized spacial score (nSPS) is 24.1. The monoisotopic (exact) mass is 354 g/mol. The minimum atomic E-state index is -0.661. The van der Waals surface area contributed by atoms with Crippen LogP contribution < -0.4 is 11.1 Å². The SMILES string of the molecule is COC(=O)CNC(=O)[C@@H]1CCCN1C(=O)[C@@H]1CCCN1C(=O)[C@H](C)N. The van der Waals surface area contributed by atoms with Crippen LogP contribution in [0.3, 0.4) is 0 Å². The van der Waals surface area contributed by atoms with Gasteiger partial charge in [0.05, 0.1) is 13.2 Å². The van der Waals surface area contributed by atoms with E-state index in [4.69, 9.17) is 5.73 Å². The summed E-state index contributed by atoms with van der Waals surface area (Å²) in [4.78, 5) is 51.6. The summed E-state index contributed by atoms with van der Waals surface area (Å²) in [5, 5.41) is 2.50. The molecule has 2 aliphatic rings. The zero-order valence-corrected chi connectivity index (χ0v) is 14.7. The van der Waals surface area contributed by atoms with Crippen LogP contribution in [0.1, 0.15) is 32.6 Å². The van der Waals surface area contributed by atoms with Crippen LogP contribution in [0, 0.1) is 0 Å². The molecule has 2 saturated heterocycles. The number of esters is 1. The molecule has 0 unspecified atom stereocenters. The van der Waals surface area contributed by atoms with Crippen molar-refractivity contribution in [3.63, 3.8) is 0 Å². The summed E-state index contributed by atoms with van der Waals surface area (Å²) in [5.74, 6) is -1.39. The molecule has 3 atom stereocenters. The first-order valence-corrected chi connectivity index (χ1v) is 8.58. The average Bonchev–Trinajstić information content (AvgIpc) is 3.26. The van der Waals surface area contributed by atoms with Crippen LogP contribution in [0.2, 0.25) is 0 Å². The van der Waals surface area contributed by atoms with Gasteiger partial charge in [-0.05, 0) is 32.6 Å². The quantitative estimate of drug-likeness (QED) is 0.586. The number of rotatable bonds is 5. The van der Waals surface area contributed by atoms with Gasteiger partial charge in [-0.1, -0.05) is 0 Å². The molecule has 0 spiro atoms. The molecule has 2 rings (SSSR count). The molecule has 9 nitrogen and oxygen atoms in total. The largest absolute Gasteiger partial charge is 0.468 e. The standard InChI is InChI=1S/C16H26N4O5/c1-10(17)15(23)20-8-4-6-12(20)16(24)19-7-3-5-11(19)14(22)18-9-13(21)25-2/h10-12H,3-9,17H2,1-2H3,(H,18,22)/t10-,11-,12-/m0/s1. The third kappa shape index (κ3) is 4.28. The van der Waals surface area contributed by atoms with Gasteiger partial charge in [0.2, 0.25) is 17.7 Å². The van der Waals surface area contributed by atoms with Crippen LogP contribution in [0.25, 0.3) is 0 Å². The zero-order valence-electron chi connectivity index (χ0n) is 14.7. The molecule has 2 heterocycles. The molecule has 0 bridgehead atoms. The molecule has 2 fully saturated rings. The van der Waals surface area contributed by atoms with Crippen molar-refractivity contribution in [2.75, 3.05) is 26.7 Å². The van der Waals surface area contributed by atoms with E-state index in [9.17, 15) is 19.2 Å². The van der Waals surface area contributed by atoms with Crippen molar-refractivity contribution in [3.8, 4) is 0 Å². The van der Waals surface area contributed by atoms with E-state index in [0.717, 1.165) is 6.42 Å². The number of nitrogens with zero attached hydrogens (tertiary/aromatic N) is 2. The molecule has 2 aliphatic heterocycles. The molecule has 0 saturated carbocycles. The lowest BCUT2D eigenvalue weighted by Gasteiger charge is -2.31. The van der Waals surface area contributed by atoms with Gasteiger partial charge < -0.3 is 25.6 Å². The van der Waals surface area contributed by atoms with E-state index in [1.807, 2.05) is 0 Å². The molecule has 3 N–H and O–H groups in total. The van der Waals surface area contributed by atoms with Gasteiger partial charge in [-0.15, -0.1) is 0 Å². The van der Waals surface area contributed by atoms with Gasteiger partial charge in [0, 0.05) is 13.1 Å². The summed E-state index contributed by atoms with van der Waals surface area (Å²) in [5.41, 5.74) is 5.66. The fraction of sp³-hybridized carbons (Fsp3) is 0.750. The van der Waals surface area contributed by atoms with E-state index in [2.05, 4.69) is 10.1 Å². The van der Waals surface area contributed by atoms with Crippen molar-refractivity contribution in [2.45, 2.75) is 50.7 Å². The molecule has 0 radical (unpaired) electrons. The Balaban J connectivity index is 2.03. The maximum atomic E-state index is 12.9.